The first-order chi connectivity index (χ1) is 9.79. The fourth-order valence-corrected chi connectivity index (χ4v) is 2.10. The average Bonchev–Trinajstić information content (AvgIpc) is 2.98. The summed E-state index contributed by atoms with van der Waals surface area (Å²) in [7, 11) is 1.68. The molecule has 4 nitrogen and oxygen atoms in total. The van der Waals surface area contributed by atoms with Gasteiger partial charge < -0.3 is 14.3 Å². The fraction of sp³-hybridized carbons (Fsp3) is 0.375. The third kappa shape index (κ3) is 4.49. The number of rotatable bonds is 8. The smallest absolute Gasteiger partial charge is 0.117 e. The van der Waals surface area contributed by atoms with Crippen LogP contribution in [-0.4, -0.2) is 36.8 Å². The van der Waals surface area contributed by atoms with Gasteiger partial charge in [-0.25, -0.2) is 0 Å². The number of furan rings is 1. The van der Waals surface area contributed by atoms with Crippen molar-refractivity contribution >= 4 is 0 Å². The Labute approximate surface area is 119 Å². The predicted octanol–water partition coefficient (Wildman–Crippen LogP) is 2.46. The molecule has 0 bridgehead atoms. The minimum Gasteiger partial charge on any atom is -0.468 e. The van der Waals surface area contributed by atoms with Crippen molar-refractivity contribution in [1.82, 2.24) is 4.90 Å². The molecule has 0 aliphatic heterocycles. The van der Waals surface area contributed by atoms with Gasteiger partial charge in [-0.3, -0.25) is 4.90 Å². The third-order valence-electron chi connectivity index (χ3n) is 3.19. The van der Waals surface area contributed by atoms with Gasteiger partial charge in [-0.15, -0.1) is 0 Å². The molecule has 2 aromatic rings. The van der Waals surface area contributed by atoms with Crippen molar-refractivity contribution in [3.8, 4) is 0 Å². The van der Waals surface area contributed by atoms with Gasteiger partial charge in [0.1, 0.15) is 5.76 Å². The highest BCUT2D eigenvalue weighted by Gasteiger charge is 2.14. The highest BCUT2D eigenvalue weighted by atomic mass is 16.5. The lowest BCUT2D eigenvalue weighted by molar-refractivity contribution is 0.0811. The summed E-state index contributed by atoms with van der Waals surface area (Å²) in [5.74, 6) is 0.890. The molecule has 0 saturated heterocycles. The molecule has 1 atom stereocenters. The summed E-state index contributed by atoms with van der Waals surface area (Å²) in [5, 5.41) is 10.3. The molecule has 0 aliphatic carbocycles. The lowest BCUT2D eigenvalue weighted by Crippen LogP contribution is -2.31. The van der Waals surface area contributed by atoms with Crippen LogP contribution >= 0.6 is 0 Å². The summed E-state index contributed by atoms with van der Waals surface area (Å²) < 4.78 is 10.5. The number of aliphatic hydroxyl groups excluding tert-OH is 1. The second kappa shape index (κ2) is 7.85. The minimum absolute atomic E-state index is 0.511. The molecule has 4 heteroatoms. The van der Waals surface area contributed by atoms with E-state index in [1.54, 1.807) is 13.4 Å². The van der Waals surface area contributed by atoms with Crippen molar-refractivity contribution in [2.75, 3.05) is 26.8 Å². The van der Waals surface area contributed by atoms with Crippen LogP contribution in [0.15, 0.2) is 53.1 Å². The summed E-state index contributed by atoms with van der Waals surface area (Å²) in [6.45, 7) is 2.59. The second-order valence-corrected chi connectivity index (χ2v) is 4.73. The Balaban J connectivity index is 1.96. The van der Waals surface area contributed by atoms with Crippen molar-refractivity contribution < 1.29 is 14.3 Å². The Kier molecular flexibility index (Phi) is 5.80. The maximum atomic E-state index is 10.3. The van der Waals surface area contributed by atoms with Crippen LogP contribution in [0.2, 0.25) is 0 Å². The molecule has 0 spiro atoms. The summed E-state index contributed by atoms with van der Waals surface area (Å²) in [5.41, 5.74) is 0.925. The van der Waals surface area contributed by atoms with Crippen LogP contribution < -0.4 is 0 Å². The van der Waals surface area contributed by atoms with E-state index >= 15 is 0 Å². The molecule has 2 rings (SSSR count). The molecule has 1 N–H and O–H groups in total. The van der Waals surface area contributed by atoms with Gasteiger partial charge in [-0.2, -0.15) is 0 Å². The Bertz CT molecular complexity index is 470. The molecule has 0 aliphatic rings. The van der Waals surface area contributed by atoms with E-state index in [1.807, 2.05) is 42.5 Å². The number of benzene rings is 1. The number of aliphatic hydroxyl groups is 1. The van der Waals surface area contributed by atoms with Gasteiger partial charge in [0.15, 0.2) is 0 Å². The minimum atomic E-state index is -0.511. The number of methoxy groups -OCH3 is 1. The van der Waals surface area contributed by atoms with E-state index in [1.165, 1.54) is 0 Å². The van der Waals surface area contributed by atoms with Gasteiger partial charge in [0.05, 0.1) is 25.5 Å². The van der Waals surface area contributed by atoms with Crippen LogP contribution in [0, 0.1) is 0 Å². The largest absolute Gasteiger partial charge is 0.468 e. The van der Waals surface area contributed by atoms with Crippen molar-refractivity contribution in [2.24, 2.45) is 0 Å². The van der Waals surface area contributed by atoms with Crippen molar-refractivity contribution in [3.05, 3.63) is 60.1 Å². The fourth-order valence-electron chi connectivity index (χ4n) is 2.10. The topological polar surface area (TPSA) is 45.8 Å². The van der Waals surface area contributed by atoms with E-state index in [0.717, 1.165) is 17.9 Å². The molecular formula is C16H21NO3. The number of ether oxygens (including phenoxy) is 1. The molecule has 108 valence electrons. The van der Waals surface area contributed by atoms with E-state index in [0.29, 0.717) is 19.7 Å². The van der Waals surface area contributed by atoms with Gasteiger partial charge in [0, 0.05) is 20.2 Å². The maximum absolute atomic E-state index is 10.3. The highest BCUT2D eigenvalue weighted by molar-refractivity contribution is 5.17. The summed E-state index contributed by atoms with van der Waals surface area (Å²) in [6.07, 6.45) is 1.15. The molecule has 0 fully saturated rings. The molecular weight excluding hydrogens is 254 g/mol. The first-order valence-corrected chi connectivity index (χ1v) is 6.76. The van der Waals surface area contributed by atoms with Crippen molar-refractivity contribution in [2.45, 2.75) is 12.6 Å². The van der Waals surface area contributed by atoms with Gasteiger partial charge >= 0.3 is 0 Å². The monoisotopic (exact) mass is 275 g/mol. The average molecular weight is 275 g/mol. The molecule has 20 heavy (non-hydrogen) atoms. The molecule has 0 saturated carbocycles. The molecule has 1 aromatic carbocycles. The van der Waals surface area contributed by atoms with E-state index < -0.39 is 6.10 Å². The van der Waals surface area contributed by atoms with E-state index in [9.17, 15) is 5.11 Å². The molecule has 0 amide bonds. The SMILES string of the molecule is COCCN(Cc1ccco1)CC(O)c1ccccc1. The van der Waals surface area contributed by atoms with Gasteiger partial charge in [0.2, 0.25) is 0 Å². The Morgan fingerprint density at radius 2 is 2.00 bits per heavy atom. The quantitative estimate of drug-likeness (QED) is 0.804. The van der Waals surface area contributed by atoms with E-state index in [4.69, 9.17) is 9.15 Å². The van der Waals surface area contributed by atoms with Crippen LogP contribution in [0.4, 0.5) is 0 Å². The third-order valence-corrected chi connectivity index (χ3v) is 3.19. The van der Waals surface area contributed by atoms with Crippen LogP contribution in [0.5, 0.6) is 0 Å². The standard InChI is InChI=1S/C16H21NO3/c1-19-11-9-17(12-15-8-5-10-20-15)13-16(18)14-6-3-2-4-7-14/h2-8,10,16,18H,9,11-13H2,1H3. The first-order valence-electron chi connectivity index (χ1n) is 6.76. The Morgan fingerprint density at radius 3 is 2.65 bits per heavy atom. The zero-order chi connectivity index (χ0) is 14.2. The molecule has 1 unspecified atom stereocenters. The summed E-state index contributed by atoms with van der Waals surface area (Å²) >= 11 is 0. The van der Waals surface area contributed by atoms with E-state index in [-0.39, 0.29) is 0 Å². The molecule has 0 radical (unpaired) electrons. The number of nitrogens with zero attached hydrogens (tertiary/aromatic N) is 1. The molecule has 1 heterocycles. The number of hydrogen-bond acceptors (Lipinski definition) is 4. The normalized spacial score (nSPS) is 12.8. The van der Waals surface area contributed by atoms with E-state index in [2.05, 4.69) is 4.90 Å². The van der Waals surface area contributed by atoms with Crippen molar-refractivity contribution in [3.63, 3.8) is 0 Å². The van der Waals surface area contributed by atoms with Gasteiger partial charge in [0.25, 0.3) is 0 Å². The van der Waals surface area contributed by atoms with Crippen LogP contribution in [0.3, 0.4) is 0 Å². The lowest BCUT2D eigenvalue weighted by Gasteiger charge is -2.24. The van der Waals surface area contributed by atoms with Crippen LogP contribution in [0.25, 0.3) is 0 Å². The van der Waals surface area contributed by atoms with Crippen molar-refractivity contribution in [1.29, 1.82) is 0 Å². The zero-order valence-electron chi connectivity index (χ0n) is 11.7. The number of hydrogen-bond donors (Lipinski definition) is 1. The summed E-state index contributed by atoms with van der Waals surface area (Å²) in [6, 6.07) is 13.5. The first kappa shape index (κ1) is 14.8. The predicted molar refractivity (Wildman–Crippen MR) is 77.3 cm³/mol. The van der Waals surface area contributed by atoms with Crippen LogP contribution in [-0.2, 0) is 11.3 Å². The van der Waals surface area contributed by atoms with Crippen LogP contribution in [0.1, 0.15) is 17.4 Å². The highest BCUT2D eigenvalue weighted by Crippen LogP contribution is 2.15. The summed E-state index contributed by atoms with van der Waals surface area (Å²) in [4.78, 5) is 2.12. The van der Waals surface area contributed by atoms with Gasteiger partial charge in [-0.1, -0.05) is 30.3 Å². The Hall–Kier alpha value is -1.62. The lowest BCUT2D eigenvalue weighted by atomic mass is 10.1. The zero-order valence-corrected chi connectivity index (χ0v) is 11.7. The maximum Gasteiger partial charge on any atom is 0.117 e. The Morgan fingerprint density at radius 1 is 1.20 bits per heavy atom. The second-order valence-electron chi connectivity index (χ2n) is 4.73. The van der Waals surface area contributed by atoms with Gasteiger partial charge in [-0.05, 0) is 17.7 Å². The molecule has 1 aromatic heterocycles.